The summed E-state index contributed by atoms with van der Waals surface area (Å²) in [7, 11) is 0. The molecule has 3 rings (SSSR count). The Morgan fingerprint density at radius 3 is 3.00 bits per heavy atom. The number of benzene rings is 1. The largest absolute Gasteiger partial charge is 0.390 e. The fourth-order valence-corrected chi connectivity index (χ4v) is 2.62. The van der Waals surface area contributed by atoms with Crippen LogP contribution in [0.1, 0.15) is 27.8 Å². The number of hydrogen-bond donors (Lipinski definition) is 2. The number of aromatic nitrogens is 2. The number of hydrogen-bond acceptors (Lipinski definition) is 3. The number of aliphatic hydroxyl groups is 1. The molecule has 1 aliphatic carbocycles. The fourth-order valence-electron chi connectivity index (χ4n) is 2.62. The van der Waals surface area contributed by atoms with E-state index >= 15 is 0 Å². The van der Waals surface area contributed by atoms with Gasteiger partial charge in [0.15, 0.2) is 5.82 Å². The third-order valence-corrected chi connectivity index (χ3v) is 3.36. The average Bonchev–Trinajstić information content (AvgIpc) is 2.91. The van der Waals surface area contributed by atoms with Gasteiger partial charge in [-0.3, -0.25) is 4.79 Å². The lowest BCUT2D eigenvalue weighted by molar-refractivity contribution is 0.0974. The summed E-state index contributed by atoms with van der Waals surface area (Å²) in [6.07, 6.45) is 3.22. The maximum atomic E-state index is 11.3. The van der Waals surface area contributed by atoms with Crippen molar-refractivity contribution >= 4 is 5.91 Å². The monoisotopic (exact) mass is 243 g/mol. The summed E-state index contributed by atoms with van der Waals surface area (Å²) >= 11 is 0. The van der Waals surface area contributed by atoms with E-state index in [9.17, 15) is 9.90 Å². The van der Waals surface area contributed by atoms with Crippen LogP contribution in [0.3, 0.4) is 0 Å². The summed E-state index contributed by atoms with van der Waals surface area (Å²) in [6.45, 7) is 0. The molecule has 18 heavy (non-hydrogen) atoms. The molecular formula is C13H13N3O2. The van der Waals surface area contributed by atoms with Crippen LogP contribution in [0.4, 0.5) is 0 Å². The zero-order valence-corrected chi connectivity index (χ0v) is 9.65. The maximum absolute atomic E-state index is 11.3. The number of primary amides is 1. The van der Waals surface area contributed by atoms with E-state index in [0.29, 0.717) is 6.42 Å². The zero-order chi connectivity index (χ0) is 12.7. The molecular weight excluding hydrogens is 230 g/mol. The molecule has 0 saturated heterocycles. The number of fused-ring (bicyclic) bond motifs is 1. The van der Waals surface area contributed by atoms with E-state index < -0.39 is 12.0 Å². The summed E-state index contributed by atoms with van der Waals surface area (Å²) in [5.41, 5.74) is 7.40. The standard InChI is InChI=1S/C13H13N3O2/c14-12(18)13-15-5-6-16(13)11-9-4-2-1-3-8(9)7-10(11)17/h1-6,10-11,17H,7H2,(H2,14,18)/t10-,11+/m0/s1. The van der Waals surface area contributed by atoms with Crippen LogP contribution in [0.25, 0.3) is 0 Å². The Morgan fingerprint density at radius 2 is 2.22 bits per heavy atom. The first-order valence-corrected chi connectivity index (χ1v) is 5.77. The first kappa shape index (κ1) is 11.0. The quantitative estimate of drug-likeness (QED) is 0.805. The Bertz CT molecular complexity index is 606. The molecule has 0 saturated carbocycles. The third kappa shape index (κ3) is 1.52. The molecule has 1 amide bonds. The zero-order valence-electron chi connectivity index (χ0n) is 9.65. The molecule has 1 heterocycles. The molecule has 0 bridgehead atoms. The van der Waals surface area contributed by atoms with Crippen molar-refractivity contribution in [3.63, 3.8) is 0 Å². The highest BCUT2D eigenvalue weighted by atomic mass is 16.3. The van der Waals surface area contributed by atoms with Crippen LogP contribution in [0.15, 0.2) is 36.7 Å². The molecule has 0 aliphatic heterocycles. The van der Waals surface area contributed by atoms with Gasteiger partial charge < -0.3 is 15.4 Å². The minimum absolute atomic E-state index is 0.177. The highest BCUT2D eigenvalue weighted by molar-refractivity contribution is 5.89. The van der Waals surface area contributed by atoms with Crippen molar-refractivity contribution in [2.24, 2.45) is 5.73 Å². The second-order valence-electron chi connectivity index (χ2n) is 4.44. The number of imidazole rings is 1. The van der Waals surface area contributed by atoms with E-state index in [1.54, 1.807) is 10.8 Å². The van der Waals surface area contributed by atoms with E-state index in [2.05, 4.69) is 4.98 Å². The molecule has 1 aromatic heterocycles. The van der Waals surface area contributed by atoms with E-state index in [1.807, 2.05) is 24.3 Å². The predicted octanol–water partition coefficient (Wildman–Crippen LogP) is 0.488. The fraction of sp³-hybridized carbons (Fsp3) is 0.231. The molecule has 92 valence electrons. The second kappa shape index (κ2) is 3.96. The van der Waals surface area contributed by atoms with Gasteiger partial charge in [-0.15, -0.1) is 0 Å². The number of nitrogens with zero attached hydrogens (tertiary/aromatic N) is 2. The molecule has 1 aliphatic rings. The highest BCUT2D eigenvalue weighted by Gasteiger charge is 2.33. The number of rotatable bonds is 2. The van der Waals surface area contributed by atoms with Crippen LogP contribution in [-0.2, 0) is 6.42 Å². The SMILES string of the molecule is NC(=O)c1nccn1[C@@H]1c2ccccc2C[C@@H]1O. The van der Waals surface area contributed by atoms with Gasteiger partial charge in [0.05, 0.1) is 12.1 Å². The van der Waals surface area contributed by atoms with Crippen molar-refractivity contribution in [1.29, 1.82) is 0 Å². The van der Waals surface area contributed by atoms with Gasteiger partial charge in [0, 0.05) is 18.8 Å². The van der Waals surface area contributed by atoms with E-state index in [1.165, 1.54) is 6.20 Å². The van der Waals surface area contributed by atoms with Gasteiger partial charge in [-0.2, -0.15) is 0 Å². The van der Waals surface area contributed by atoms with Gasteiger partial charge in [-0.05, 0) is 11.1 Å². The van der Waals surface area contributed by atoms with Gasteiger partial charge in [-0.25, -0.2) is 4.98 Å². The first-order valence-electron chi connectivity index (χ1n) is 5.77. The summed E-state index contributed by atoms with van der Waals surface area (Å²) in [4.78, 5) is 15.3. The molecule has 0 spiro atoms. The summed E-state index contributed by atoms with van der Waals surface area (Å²) in [5, 5.41) is 10.2. The van der Waals surface area contributed by atoms with Crippen LogP contribution in [-0.4, -0.2) is 26.7 Å². The Balaban J connectivity index is 2.12. The average molecular weight is 243 g/mol. The van der Waals surface area contributed by atoms with E-state index in [0.717, 1.165) is 11.1 Å². The summed E-state index contributed by atoms with van der Waals surface area (Å²) in [5.74, 6) is -0.410. The smallest absolute Gasteiger partial charge is 0.284 e. The van der Waals surface area contributed by atoms with E-state index in [4.69, 9.17) is 5.73 Å². The Morgan fingerprint density at radius 1 is 1.44 bits per heavy atom. The Hall–Kier alpha value is -2.14. The second-order valence-corrected chi connectivity index (χ2v) is 4.44. The predicted molar refractivity (Wildman–Crippen MR) is 65.0 cm³/mol. The number of aliphatic hydroxyl groups excluding tert-OH is 1. The van der Waals surface area contributed by atoms with Crippen LogP contribution in [0, 0.1) is 0 Å². The lowest BCUT2D eigenvalue weighted by Crippen LogP contribution is -2.26. The number of amides is 1. The number of carbonyl (C=O) groups excluding carboxylic acids is 1. The first-order chi connectivity index (χ1) is 8.68. The van der Waals surface area contributed by atoms with Crippen LogP contribution in [0.5, 0.6) is 0 Å². The molecule has 2 aromatic rings. The third-order valence-electron chi connectivity index (χ3n) is 3.36. The van der Waals surface area contributed by atoms with Gasteiger partial charge in [0.1, 0.15) is 0 Å². The summed E-state index contributed by atoms with van der Waals surface area (Å²) < 4.78 is 1.65. The summed E-state index contributed by atoms with van der Waals surface area (Å²) in [6, 6.07) is 7.52. The lowest BCUT2D eigenvalue weighted by atomic mass is 10.1. The minimum Gasteiger partial charge on any atom is -0.390 e. The van der Waals surface area contributed by atoms with Gasteiger partial charge >= 0.3 is 0 Å². The Labute approximate surface area is 104 Å². The van der Waals surface area contributed by atoms with E-state index in [-0.39, 0.29) is 11.9 Å². The van der Waals surface area contributed by atoms with Crippen molar-refractivity contribution in [2.75, 3.05) is 0 Å². The van der Waals surface area contributed by atoms with Crippen molar-refractivity contribution in [1.82, 2.24) is 9.55 Å². The molecule has 5 heteroatoms. The topological polar surface area (TPSA) is 81.1 Å². The van der Waals surface area contributed by atoms with Crippen LogP contribution in [0.2, 0.25) is 0 Å². The Kier molecular flexibility index (Phi) is 2.41. The maximum Gasteiger partial charge on any atom is 0.284 e. The lowest BCUT2D eigenvalue weighted by Gasteiger charge is -2.19. The number of nitrogens with two attached hydrogens (primary N) is 1. The number of carbonyl (C=O) groups is 1. The van der Waals surface area contributed by atoms with Crippen LogP contribution >= 0.6 is 0 Å². The molecule has 5 nitrogen and oxygen atoms in total. The molecule has 2 atom stereocenters. The van der Waals surface area contributed by atoms with Gasteiger partial charge in [0.25, 0.3) is 5.91 Å². The molecule has 1 aromatic carbocycles. The molecule has 0 unspecified atom stereocenters. The normalized spacial score (nSPS) is 21.8. The molecule has 0 fully saturated rings. The van der Waals surface area contributed by atoms with Gasteiger partial charge in [0.2, 0.25) is 0 Å². The van der Waals surface area contributed by atoms with Gasteiger partial charge in [-0.1, -0.05) is 24.3 Å². The van der Waals surface area contributed by atoms with Crippen molar-refractivity contribution in [3.8, 4) is 0 Å². The molecule has 0 radical (unpaired) electrons. The highest BCUT2D eigenvalue weighted by Crippen LogP contribution is 2.34. The molecule has 3 N–H and O–H groups in total. The minimum atomic E-state index is -0.586. The van der Waals surface area contributed by atoms with Crippen molar-refractivity contribution in [2.45, 2.75) is 18.6 Å². The van der Waals surface area contributed by atoms with Crippen LogP contribution < -0.4 is 5.73 Å². The van der Waals surface area contributed by atoms with Crippen molar-refractivity contribution in [3.05, 3.63) is 53.6 Å². The van der Waals surface area contributed by atoms with Crippen molar-refractivity contribution < 1.29 is 9.90 Å².